The number of pyridine rings is 1. The van der Waals surface area contributed by atoms with Crippen molar-refractivity contribution in [1.82, 2.24) is 9.97 Å². The lowest BCUT2D eigenvalue weighted by molar-refractivity contribution is -0.132. The van der Waals surface area contributed by atoms with Crippen LogP contribution < -0.4 is 4.90 Å². The lowest BCUT2D eigenvalue weighted by atomic mass is 9.96. The van der Waals surface area contributed by atoms with Gasteiger partial charge in [0.1, 0.15) is 16.5 Å². The Morgan fingerprint density at radius 3 is 2.68 bits per heavy atom. The largest absolute Gasteiger partial charge is 0.507 e. The summed E-state index contributed by atoms with van der Waals surface area (Å²) in [5.41, 5.74) is 0.960. The van der Waals surface area contributed by atoms with Gasteiger partial charge in [-0.3, -0.25) is 19.5 Å². The number of amides is 1. The van der Waals surface area contributed by atoms with E-state index in [9.17, 15) is 23.9 Å². The summed E-state index contributed by atoms with van der Waals surface area (Å²) in [6, 6.07) is 6.22. The van der Waals surface area contributed by atoms with Crippen LogP contribution in [0.1, 0.15) is 45.0 Å². The van der Waals surface area contributed by atoms with Crippen molar-refractivity contribution >= 4 is 39.9 Å². The number of esters is 1. The summed E-state index contributed by atoms with van der Waals surface area (Å²) < 4.78 is 19.2. The zero-order valence-electron chi connectivity index (χ0n) is 18.5. The van der Waals surface area contributed by atoms with E-state index in [1.165, 1.54) is 24.5 Å². The Balaban J connectivity index is 1.90. The van der Waals surface area contributed by atoms with Gasteiger partial charge in [0.05, 0.1) is 23.9 Å². The van der Waals surface area contributed by atoms with Gasteiger partial charge in [0.2, 0.25) is 0 Å². The number of Topliss-reactive ketones (excluding diaryl/α,β-unsaturated/α-hetero) is 1. The van der Waals surface area contributed by atoms with Crippen LogP contribution in [0.2, 0.25) is 0 Å². The number of aliphatic hydroxyl groups is 1. The second kappa shape index (κ2) is 9.14. The van der Waals surface area contributed by atoms with Crippen LogP contribution in [0.3, 0.4) is 0 Å². The maximum absolute atomic E-state index is 14.2. The number of ether oxygens (including phenoxy) is 1. The van der Waals surface area contributed by atoms with E-state index in [0.29, 0.717) is 16.8 Å². The molecule has 1 aromatic carbocycles. The molecule has 1 saturated heterocycles. The molecular formula is C24H20FN3O5S. The second-order valence-electron chi connectivity index (χ2n) is 7.55. The number of aromatic nitrogens is 2. The molecule has 0 saturated carbocycles. The number of ketones is 1. The third-order valence-corrected chi connectivity index (χ3v) is 6.48. The van der Waals surface area contributed by atoms with E-state index in [2.05, 4.69) is 9.97 Å². The molecular weight excluding hydrogens is 461 g/mol. The number of benzene rings is 1. The second-order valence-corrected chi connectivity index (χ2v) is 8.53. The Morgan fingerprint density at radius 1 is 1.26 bits per heavy atom. The van der Waals surface area contributed by atoms with Gasteiger partial charge in [-0.05, 0) is 44.0 Å². The van der Waals surface area contributed by atoms with Crippen LogP contribution in [0.25, 0.3) is 5.76 Å². The molecule has 1 N–H and O–H groups in total. The van der Waals surface area contributed by atoms with Gasteiger partial charge in [-0.15, -0.1) is 0 Å². The summed E-state index contributed by atoms with van der Waals surface area (Å²) in [5.74, 6) is -3.57. The number of nitrogens with zero attached hydrogens (tertiary/aromatic N) is 3. The number of aliphatic hydroxyl groups excluding tert-OH is 1. The zero-order valence-corrected chi connectivity index (χ0v) is 19.4. The number of hydrogen-bond donors (Lipinski definition) is 1. The van der Waals surface area contributed by atoms with Gasteiger partial charge < -0.3 is 9.84 Å². The van der Waals surface area contributed by atoms with Crippen LogP contribution in [0.5, 0.6) is 0 Å². The minimum Gasteiger partial charge on any atom is -0.507 e. The summed E-state index contributed by atoms with van der Waals surface area (Å²) in [6.45, 7) is 5.00. The maximum Gasteiger partial charge on any atom is 0.350 e. The third kappa shape index (κ3) is 3.96. The molecule has 0 spiro atoms. The smallest absolute Gasteiger partial charge is 0.350 e. The summed E-state index contributed by atoms with van der Waals surface area (Å²) in [5, 5.41) is 11.1. The summed E-state index contributed by atoms with van der Waals surface area (Å²) in [7, 11) is 0. The highest BCUT2D eigenvalue weighted by molar-refractivity contribution is 7.17. The first-order valence-electron chi connectivity index (χ1n) is 10.4. The van der Waals surface area contributed by atoms with E-state index in [1.807, 2.05) is 0 Å². The fraction of sp³-hybridized carbons (Fsp3) is 0.208. The zero-order chi connectivity index (χ0) is 24.6. The molecule has 1 fully saturated rings. The van der Waals surface area contributed by atoms with Crippen molar-refractivity contribution in [3.63, 3.8) is 0 Å². The van der Waals surface area contributed by atoms with Gasteiger partial charge in [-0.2, -0.15) is 0 Å². The molecule has 1 unspecified atom stereocenters. The average Bonchev–Trinajstić information content (AvgIpc) is 3.33. The van der Waals surface area contributed by atoms with E-state index in [0.717, 1.165) is 22.3 Å². The van der Waals surface area contributed by atoms with E-state index >= 15 is 0 Å². The van der Waals surface area contributed by atoms with Gasteiger partial charge in [-0.1, -0.05) is 29.5 Å². The normalized spacial score (nSPS) is 17.3. The standard InChI is InChI=1S/C24H20FN3O5S/c1-4-33-23(32)21-13(3)27-24(34-21)28-18(15-6-5-9-26-11-15)17(20(30)22(28)31)19(29)14-8-7-12(2)16(25)10-14/h5-11,18,29H,4H2,1-3H3/b19-17+. The Hall–Kier alpha value is -3.92. The van der Waals surface area contributed by atoms with E-state index in [4.69, 9.17) is 4.74 Å². The molecule has 174 valence electrons. The Morgan fingerprint density at radius 2 is 2.03 bits per heavy atom. The summed E-state index contributed by atoms with van der Waals surface area (Å²) in [6.07, 6.45) is 2.98. The first kappa shape index (κ1) is 23.2. The van der Waals surface area contributed by atoms with Crippen molar-refractivity contribution in [2.45, 2.75) is 26.8 Å². The van der Waals surface area contributed by atoms with Gasteiger partial charge in [0.25, 0.3) is 5.78 Å². The van der Waals surface area contributed by atoms with E-state index in [1.54, 1.807) is 32.9 Å². The molecule has 10 heteroatoms. The van der Waals surface area contributed by atoms with Crippen LogP contribution in [0.15, 0.2) is 48.3 Å². The fourth-order valence-electron chi connectivity index (χ4n) is 3.65. The molecule has 0 aliphatic carbocycles. The predicted molar refractivity (Wildman–Crippen MR) is 123 cm³/mol. The molecule has 1 amide bonds. The first-order chi connectivity index (χ1) is 16.2. The van der Waals surface area contributed by atoms with Crippen LogP contribution in [-0.4, -0.2) is 39.3 Å². The van der Waals surface area contributed by atoms with Gasteiger partial charge in [-0.25, -0.2) is 14.2 Å². The van der Waals surface area contributed by atoms with Crippen LogP contribution >= 0.6 is 11.3 Å². The van der Waals surface area contributed by atoms with Crippen LogP contribution in [0.4, 0.5) is 9.52 Å². The molecule has 4 rings (SSSR count). The Labute approximate surface area is 198 Å². The molecule has 1 atom stereocenters. The minimum atomic E-state index is -1.08. The molecule has 8 nitrogen and oxygen atoms in total. The Kier molecular flexibility index (Phi) is 6.25. The Bertz CT molecular complexity index is 1340. The number of anilines is 1. The maximum atomic E-state index is 14.2. The molecule has 0 radical (unpaired) electrons. The average molecular weight is 482 g/mol. The molecule has 1 aliphatic heterocycles. The summed E-state index contributed by atoms with van der Waals surface area (Å²) >= 11 is 0.906. The minimum absolute atomic E-state index is 0.0533. The van der Waals surface area contributed by atoms with Crippen molar-refractivity contribution in [3.8, 4) is 0 Å². The van der Waals surface area contributed by atoms with Gasteiger partial charge in [0.15, 0.2) is 5.13 Å². The van der Waals surface area contributed by atoms with Crippen molar-refractivity contribution < 1.29 is 28.6 Å². The molecule has 1 aliphatic rings. The number of rotatable bonds is 5. The van der Waals surface area contributed by atoms with E-state index < -0.39 is 35.3 Å². The van der Waals surface area contributed by atoms with Crippen molar-refractivity contribution in [1.29, 1.82) is 0 Å². The van der Waals surface area contributed by atoms with Crippen molar-refractivity contribution in [2.24, 2.45) is 0 Å². The third-order valence-electron chi connectivity index (χ3n) is 5.34. The number of hydrogen-bond acceptors (Lipinski definition) is 8. The first-order valence-corrected chi connectivity index (χ1v) is 11.2. The topological polar surface area (TPSA) is 110 Å². The van der Waals surface area contributed by atoms with Gasteiger partial charge >= 0.3 is 11.9 Å². The highest BCUT2D eigenvalue weighted by Crippen LogP contribution is 2.43. The SMILES string of the molecule is CCOC(=O)c1sc(N2C(=O)C(=O)/C(=C(/O)c3ccc(C)c(F)c3)C2c2cccnc2)nc1C. The molecule has 2 aromatic heterocycles. The van der Waals surface area contributed by atoms with Crippen molar-refractivity contribution in [2.75, 3.05) is 11.5 Å². The summed E-state index contributed by atoms with van der Waals surface area (Å²) in [4.78, 5) is 48.3. The number of carbonyl (C=O) groups excluding carboxylic acids is 3. The number of thiazole rings is 1. The quantitative estimate of drug-likeness (QED) is 0.253. The molecule has 0 bridgehead atoms. The number of halogens is 1. The van der Waals surface area contributed by atoms with Crippen molar-refractivity contribution in [3.05, 3.63) is 81.4 Å². The monoisotopic (exact) mass is 481 g/mol. The highest BCUT2D eigenvalue weighted by Gasteiger charge is 2.48. The van der Waals surface area contributed by atoms with Crippen LogP contribution in [-0.2, 0) is 14.3 Å². The highest BCUT2D eigenvalue weighted by atomic mass is 32.1. The molecule has 3 aromatic rings. The van der Waals surface area contributed by atoms with E-state index in [-0.39, 0.29) is 27.8 Å². The number of carbonyl (C=O) groups is 3. The fourth-order valence-corrected chi connectivity index (χ4v) is 4.64. The lowest BCUT2D eigenvalue weighted by Gasteiger charge is -2.22. The molecule has 3 heterocycles. The van der Waals surface area contributed by atoms with Crippen LogP contribution in [0, 0.1) is 19.7 Å². The number of aryl methyl sites for hydroxylation is 2. The lowest BCUT2D eigenvalue weighted by Crippen LogP contribution is -2.29. The molecule has 34 heavy (non-hydrogen) atoms. The van der Waals surface area contributed by atoms with Gasteiger partial charge in [0, 0.05) is 18.0 Å². The predicted octanol–water partition coefficient (Wildman–Crippen LogP) is 4.10.